The average molecular weight is 491 g/mol. The number of hydrogen-bond acceptors (Lipinski definition) is 5. The lowest BCUT2D eigenvalue weighted by Gasteiger charge is -2.38. The first-order valence-corrected chi connectivity index (χ1v) is 8.81. The summed E-state index contributed by atoms with van der Waals surface area (Å²) in [5, 5.41) is 0. The number of nitrogens with two attached hydrogens (primary N) is 1. The molecule has 1 fully saturated rings. The van der Waals surface area contributed by atoms with Crippen LogP contribution in [0.5, 0.6) is 0 Å². The van der Waals surface area contributed by atoms with Crippen molar-refractivity contribution in [2.24, 2.45) is 5.73 Å². The molecule has 1 aromatic heterocycles. The summed E-state index contributed by atoms with van der Waals surface area (Å²) < 4.78 is 84.7. The Kier molecular flexibility index (Phi) is 7.81. The molecule has 172 valence electrons. The number of nitrogens with zero attached hydrogens (tertiary/aromatic N) is 3. The fourth-order valence-electron chi connectivity index (χ4n) is 3.75. The van der Waals surface area contributed by atoms with Crippen molar-refractivity contribution in [1.29, 1.82) is 0 Å². The summed E-state index contributed by atoms with van der Waals surface area (Å²) in [5.41, 5.74) is 6.80. The Bertz CT molecular complexity index is 948. The summed E-state index contributed by atoms with van der Waals surface area (Å²) in [5.74, 6) is -4.65. The molecule has 0 amide bonds. The molecule has 0 bridgehead atoms. The first kappa shape index (κ1) is 25.6. The van der Waals surface area contributed by atoms with Crippen LogP contribution in [0.25, 0.3) is 0 Å². The maximum absolute atomic E-state index is 14.0. The monoisotopic (exact) mass is 490 g/mol. The number of hydrogen-bond donors (Lipinski definition) is 1. The van der Waals surface area contributed by atoms with Crippen molar-refractivity contribution in [1.82, 2.24) is 14.9 Å². The normalized spacial score (nSPS) is 23.6. The van der Waals surface area contributed by atoms with E-state index in [0.717, 1.165) is 12.3 Å². The number of aromatic nitrogens is 2. The molecule has 1 saturated heterocycles. The van der Waals surface area contributed by atoms with E-state index in [9.17, 15) is 26.3 Å². The van der Waals surface area contributed by atoms with Gasteiger partial charge in [0.15, 0.2) is 11.6 Å². The summed E-state index contributed by atoms with van der Waals surface area (Å²) in [6.07, 6.45) is -4.09. The second-order valence-electron chi connectivity index (χ2n) is 7.16. The van der Waals surface area contributed by atoms with E-state index in [1.165, 1.54) is 0 Å². The molecule has 13 heteroatoms. The van der Waals surface area contributed by atoms with Crippen LogP contribution in [0.4, 0.5) is 26.3 Å². The predicted octanol–water partition coefficient (Wildman–Crippen LogP) is 3.93. The maximum atomic E-state index is 14.0. The number of ether oxygens (including phenoxy) is 1. The van der Waals surface area contributed by atoms with Gasteiger partial charge >= 0.3 is 6.18 Å². The van der Waals surface area contributed by atoms with Crippen molar-refractivity contribution in [2.45, 2.75) is 43.9 Å². The van der Waals surface area contributed by atoms with Crippen LogP contribution in [0, 0.1) is 17.5 Å². The van der Waals surface area contributed by atoms with Crippen LogP contribution in [-0.2, 0) is 24.0 Å². The van der Waals surface area contributed by atoms with Crippen molar-refractivity contribution in [3.05, 3.63) is 58.4 Å². The lowest BCUT2D eigenvalue weighted by Crippen LogP contribution is -2.47. The summed E-state index contributed by atoms with van der Waals surface area (Å²) in [4.78, 5) is 8.83. The summed E-state index contributed by atoms with van der Waals surface area (Å²) >= 11 is 0. The van der Waals surface area contributed by atoms with Gasteiger partial charge in [0.25, 0.3) is 0 Å². The van der Waals surface area contributed by atoms with Crippen LogP contribution in [0.3, 0.4) is 0 Å². The Labute approximate surface area is 185 Å². The van der Waals surface area contributed by atoms with Crippen molar-refractivity contribution in [3.63, 3.8) is 0 Å². The van der Waals surface area contributed by atoms with Crippen molar-refractivity contribution in [3.8, 4) is 0 Å². The third-order valence-electron chi connectivity index (χ3n) is 5.20. The molecule has 0 unspecified atom stereocenters. The van der Waals surface area contributed by atoms with E-state index in [-0.39, 0.29) is 55.3 Å². The topological polar surface area (TPSA) is 64.3 Å². The molecule has 1 aromatic carbocycles. The molecule has 0 spiro atoms. The van der Waals surface area contributed by atoms with Crippen LogP contribution < -0.4 is 5.73 Å². The van der Waals surface area contributed by atoms with Gasteiger partial charge in [-0.15, -0.1) is 24.8 Å². The molecular weight excluding hydrogens is 473 g/mol. The molecule has 31 heavy (non-hydrogen) atoms. The lowest BCUT2D eigenvalue weighted by atomic mass is 9.93. The van der Waals surface area contributed by atoms with Gasteiger partial charge in [0, 0.05) is 48.6 Å². The molecule has 0 radical (unpaired) electrons. The molecule has 4 rings (SSSR count). The van der Waals surface area contributed by atoms with E-state index in [0.29, 0.717) is 24.6 Å². The van der Waals surface area contributed by atoms with E-state index in [4.69, 9.17) is 10.5 Å². The Morgan fingerprint density at radius 2 is 1.71 bits per heavy atom. The summed E-state index contributed by atoms with van der Waals surface area (Å²) in [7, 11) is 0. The number of benzene rings is 1. The molecule has 3 heterocycles. The largest absolute Gasteiger partial charge is 0.451 e. The SMILES string of the molecule is Cl.Cl.N[C@H]1C[C@@H](N2Cc3cnc(C(F)(F)F)nc3C2)CO[C@@H]1c1cc(F)c(F)cc1F. The molecule has 2 N–H and O–H groups in total. The zero-order valence-electron chi connectivity index (χ0n) is 15.7. The van der Waals surface area contributed by atoms with Crippen LogP contribution in [0.2, 0.25) is 0 Å². The lowest BCUT2D eigenvalue weighted by molar-refractivity contribution is -0.145. The number of rotatable bonds is 2. The summed E-state index contributed by atoms with van der Waals surface area (Å²) in [6, 6.07) is 0.211. The standard InChI is InChI=1S/C18H16F6N4O.2ClH/c19-11-3-13(21)12(20)2-10(11)16-14(25)1-9(7-29-16)28-5-8-4-26-17(18(22,23)24)27-15(8)6-28;;/h2-4,9,14,16H,1,5-7,25H2;2*1H/t9-,14+,16-;;/m1../s1. The average Bonchev–Trinajstić information content (AvgIpc) is 3.07. The molecule has 2 aromatic rings. The van der Waals surface area contributed by atoms with E-state index in [1.54, 1.807) is 0 Å². The van der Waals surface area contributed by atoms with Gasteiger partial charge in [-0.05, 0) is 12.5 Å². The molecule has 3 atom stereocenters. The molecule has 2 aliphatic rings. The van der Waals surface area contributed by atoms with Gasteiger partial charge in [0.1, 0.15) is 11.9 Å². The minimum absolute atomic E-state index is 0. The van der Waals surface area contributed by atoms with Gasteiger partial charge in [-0.3, -0.25) is 4.90 Å². The number of alkyl halides is 3. The Hall–Kier alpha value is -1.66. The highest BCUT2D eigenvalue weighted by atomic mass is 35.5. The van der Waals surface area contributed by atoms with E-state index < -0.39 is 41.6 Å². The Morgan fingerprint density at radius 3 is 2.35 bits per heavy atom. The number of fused-ring (bicyclic) bond motifs is 1. The Morgan fingerprint density at radius 1 is 1.03 bits per heavy atom. The quantitative estimate of drug-likeness (QED) is 0.510. The van der Waals surface area contributed by atoms with Gasteiger partial charge in [-0.1, -0.05) is 0 Å². The molecule has 0 aliphatic carbocycles. The third kappa shape index (κ3) is 5.06. The van der Waals surface area contributed by atoms with Gasteiger partial charge in [0.05, 0.1) is 12.3 Å². The molecule has 0 saturated carbocycles. The van der Waals surface area contributed by atoms with E-state index >= 15 is 0 Å². The van der Waals surface area contributed by atoms with Gasteiger partial charge in [0.2, 0.25) is 5.82 Å². The minimum atomic E-state index is -4.62. The van der Waals surface area contributed by atoms with Gasteiger partial charge in [-0.25, -0.2) is 23.1 Å². The second-order valence-corrected chi connectivity index (χ2v) is 7.16. The molecule has 5 nitrogen and oxygen atoms in total. The second kappa shape index (κ2) is 9.45. The van der Waals surface area contributed by atoms with Gasteiger partial charge in [-0.2, -0.15) is 13.2 Å². The van der Waals surface area contributed by atoms with Crippen molar-refractivity contribution in [2.75, 3.05) is 6.61 Å². The highest BCUT2D eigenvalue weighted by Crippen LogP contribution is 2.35. The first-order valence-electron chi connectivity index (χ1n) is 8.81. The highest BCUT2D eigenvalue weighted by Gasteiger charge is 2.39. The fraction of sp³-hybridized carbons (Fsp3) is 0.444. The van der Waals surface area contributed by atoms with E-state index in [1.807, 2.05) is 4.90 Å². The summed E-state index contributed by atoms with van der Waals surface area (Å²) in [6.45, 7) is 0.606. The molecular formula is C18H18Cl2F6N4O. The predicted molar refractivity (Wildman–Crippen MR) is 102 cm³/mol. The van der Waals surface area contributed by atoms with Crippen LogP contribution in [0.1, 0.15) is 35.2 Å². The molecule has 2 aliphatic heterocycles. The Balaban J connectivity index is 0.00000171. The van der Waals surface area contributed by atoms with Crippen molar-refractivity contribution < 1.29 is 31.1 Å². The first-order chi connectivity index (χ1) is 13.6. The van der Waals surface area contributed by atoms with Crippen molar-refractivity contribution >= 4 is 24.8 Å². The smallest absolute Gasteiger partial charge is 0.370 e. The van der Waals surface area contributed by atoms with Crippen LogP contribution in [-0.4, -0.2) is 33.6 Å². The number of halogens is 8. The van der Waals surface area contributed by atoms with Crippen LogP contribution in [0.15, 0.2) is 18.3 Å². The maximum Gasteiger partial charge on any atom is 0.451 e. The van der Waals surface area contributed by atoms with Gasteiger partial charge < -0.3 is 10.5 Å². The third-order valence-corrected chi connectivity index (χ3v) is 5.20. The van der Waals surface area contributed by atoms with Crippen LogP contribution >= 0.6 is 24.8 Å². The minimum Gasteiger partial charge on any atom is -0.370 e. The zero-order valence-corrected chi connectivity index (χ0v) is 17.3. The zero-order chi connectivity index (χ0) is 20.9. The highest BCUT2D eigenvalue weighted by molar-refractivity contribution is 5.85. The fourth-order valence-corrected chi connectivity index (χ4v) is 3.75. The van der Waals surface area contributed by atoms with E-state index in [2.05, 4.69) is 9.97 Å².